The van der Waals surface area contributed by atoms with Gasteiger partial charge in [-0.2, -0.15) is 0 Å². The molecule has 2 saturated heterocycles. The SMILES string of the molecule is O=C(CCCc1ccc(Cl)cc1)N1CCN[C@H]2CS(=O)(=O)C[C@H]21. The minimum Gasteiger partial charge on any atom is -0.336 e. The lowest BCUT2D eigenvalue weighted by Gasteiger charge is -2.37. The maximum atomic E-state index is 12.5. The Balaban J connectivity index is 1.54. The van der Waals surface area contributed by atoms with Gasteiger partial charge in [0.05, 0.1) is 17.5 Å². The highest BCUT2D eigenvalue weighted by Gasteiger charge is 2.44. The summed E-state index contributed by atoms with van der Waals surface area (Å²) < 4.78 is 23.6. The largest absolute Gasteiger partial charge is 0.336 e. The van der Waals surface area contributed by atoms with Gasteiger partial charge >= 0.3 is 0 Å². The van der Waals surface area contributed by atoms with Crippen LogP contribution in [0.15, 0.2) is 24.3 Å². The molecule has 2 fully saturated rings. The smallest absolute Gasteiger partial charge is 0.222 e. The Kier molecular flexibility index (Phi) is 4.94. The van der Waals surface area contributed by atoms with Crippen molar-refractivity contribution in [2.75, 3.05) is 24.6 Å². The summed E-state index contributed by atoms with van der Waals surface area (Å²) >= 11 is 5.86. The number of amides is 1. The van der Waals surface area contributed by atoms with Crippen LogP contribution in [0.3, 0.4) is 0 Å². The van der Waals surface area contributed by atoms with E-state index < -0.39 is 9.84 Å². The number of aryl methyl sites for hydroxylation is 1. The lowest BCUT2D eigenvalue weighted by atomic mass is 10.0. The molecule has 2 aliphatic heterocycles. The Morgan fingerprint density at radius 1 is 1.26 bits per heavy atom. The Bertz CT molecular complexity index is 675. The number of hydrogen-bond donors (Lipinski definition) is 1. The number of halogens is 1. The monoisotopic (exact) mass is 356 g/mol. The van der Waals surface area contributed by atoms with Gasteiger partial charge in [-0.3, -0.25) is 4.79 Å². The van der Waals surface area contributed by atoms with E-state index >= 15 is 0 Å². The van der Waals surface area contributed by atoms with Gasteiger partial charge in [-0.15, -0.1) is 0 Å². The van der Waals surface area contributed by atoms with E-state index in [1.807, 2.05) is 24.3 Å². The highest BCUT2D eigenvalue weighted by molar-refractivity contribution is 7.91. The van der Waals surface area contributed by atoms with Crippen LogP contribution in [0.25, 0.3) is 0 Å². The summed E-state index contributed by atoms with van der Waals surface area (Å²) in [7, 11) is -3.03. The Hall–Kier alpha value is -1.11. The Labute approximate surface area is 141 Å². The maximum absolute atomic E-state index is 12.5. The summed E-state index contributed by atoms with van der Waals surface area (Å²) in [6, 6.07) is 7.34. The van der Waals surface area contributed by atoms with Crippen molar-refractivity contribution in [3.63, 3.8) is 0 Å². The number of nitrogens with zero attached hydrogens (tertiary/aromatic N) is 1. The van der Waals surface area contributed by atoms with Gasteiger partial charge in [0.25, 0.3) is 0 Å². The number of carbonyl (C=O) groups excluding carboxylic acids is 1. The Morgan fingerprint density at radius 2 is 2.00 bits per heavy atom. The zero-order valence-electron chi connectivity index (χ0n) is 12.9. The zero-order valence-corrected chi connectivity index (χ0v) is 14.4. The summed E-state index contributed by atoms with van der Waals surface area (Å²) in [5.74, 6) is 0.298. The molecule has 23 heavy (non-hydrogen) atoms. The van der Waals surface area contributed by atoms with Crippen LogP contribution >= 0.6 is 11.6 Å². The summed E-state index contributed by atoms with van der Waals surface area (Å²) in [5.41, 5.74) is 1.16. The van der Waals surface area contributed by atoms with Crippen molar-refractivity contribution in [3.8, 4) is 0 Å². The third-order valence-corrected chi connectivity index (χ3v) is 6.54. The van der Waals surface area contributed by atoms with Crippen LogP contribution in [-0.4, -0.2) is 55.9 Å². The first-order valence-electron chi connectivity index (χ1n) is 7.92. The fourth-order valence-corrected chi connectivity index (χ4v) is 5.50. The Morgan fingerprint density at radius 3 is 2.74 bits per heavy atom. The second-order valence-corrected chi connectivity index (χ2v) is 8.86. The molecule has 1 aromatic rings. The minimum absolute atomic E-state index is 0.0626. The summed E-state index contributed by atoms with van der Waals surface area (Å²) in [6.45, 7) is 1.26. The van der Waals surface area contributed by atoms with Crippen molar-refractivity contribution in [1.29, 1.82) is 0 Å². The molecule has 0 unspecified atom stereocenters. The molecule has 7 heteroatoms. The number of carbonyl (C=O) groups is 1. The highest BCUT2D eigenvalue weighted by Crippen LogP contribution is 2.22. The number of piperazine rings is 1. The zero-order chi connectivity index (χ0) is 16.4. The first kappa shape index (κ1) is 16.7. The maximum Gasteiger partial charge on any atom is 0.222 e. The fourth-order valence-electron chi connectivity index (χ4n) is 3.42. The van der Waals surface area contributed by atoms with E-state index in [0.29, 0.717) is 24.5 Å². The fraction of sp³-hybridized carbons (Fsp3) is 0.562. The molecule has 0 saturated carbocycles. The van der Waals surface area contributed by atoms with Crippen LogP contribution in [0.2, 0.25) is 5.02 Å². The van der Waals surface area contributed by atoms with Gasteiger partial charge < -0.3 is 10.2 Å². The number of rotatable bonds is 4. The minimum atomic E-state index is -3.03. The summed E-state index contributed by atoms with van der Waals surface area (Å²) in [6.07, 6.45) is 2.03. The van der Waals surface area contributed by atoms with E-state index in [9.17, 15) is 13.2 Å². The van der Waals surface area contributed by atoms with Gasteiger partial charge in [0.1, 0.15) is 0 Å². The first-order valence-corrected chi connectivity index (χ1v) is 10.1. The first-order chi connectivity index (χ1) is 10.9. The molecule has 0 radical (unpaired) electrons. The molecule has 0 aromatic heterocycles. The molecule has 1 aromatic carbocycles. The molecule has 1 N–H and O–H groups in total. The normalized spacial score (nSPS) is 26.0. The lowest BCUT2D eigenvalue weighted by molar-refractivity contribution is -0.134. The van der Waals surface area contributed by atoms with Crippen molar-refractivity contribution >= 4 is 27.3 Å². The van der Waals surface area contributed by atoms with Crippen LogP contribution in [0.4, 0.5) is 0 Å². The molecule has 0 spiro atoms. The quantitative estimate of drug-likeness (QED) is 0.882. The molecule has 2 aliphatic rings. The predicted molar refractivity (Wildman–Crippen MR) is 90.3 cm³/mol. The van der Waals surface area contributed by atoms with Crippen LogP contribution in [-0.2, 0) is 21.1 Å². The molecule has 126 valence electrons. The van der Waals surface area contributed by atoms with Gasteiger partial charge in [0.2, 0.25) is 5.91 Å². The van der Waals surface area contributed by atoms with E-state index in [1.54, 1.807) is 4.90 Å². The average Bonchev–Trinajstić information content (AvgIpc) is 2.82. The van der Waals surface area contributed by atoms with Crippen molar-refractivity contribution in [1.82, 2.24) is 10.2 Å². The molecule has 0 bridgehead atoms. The number of fused-ring (bicyclic) bond motifs is 1. The van der Waals surface area contributed by atoms with Crippen molar-refractivity contribution in [3.05, 3.63) is 34.9 Å². The molecule has 3 rings (SSSR count). The van der Waals surface area contributed by atoms with Gasteiger partial charge in [-0.1, -0.05) is 23.7 Å². The molecule has 0 aliphatic carbocycles. The van der Waals surface area contributed by atoms with Crippen LogP contribution in [0, 0.1) is 0 Å². The molecular weight excluding hydrogens is 336 g/mol. The van der Waals surface area contributed by atoms with E-state index in [0.717, 1.165) is 18.4 Å². The number of nitrogens with one attached hydrogen (secondary N) is 1. The van der Waals surface area contributed by atoms with Gasteiger partial charge in [0, 0.05) is 30.6 Å². The van der Waals surface area contributed by atoms with E-state index in [-0.39, 0.29) is 29.5 Å². The second kappa shape index (κ2) is 6.79. The van der Waals surface area contributed by atoms with Gasteiger partial charge in [0.15, 0.2) is 9.84 Å². The van der Waals surface area contributed by atoms with Gasteiger partial charge in [-0.05, 0) is 30.5 Å². The lowest BCUT2D eigenvalue weighted by Crippen LogP contribution is -2.59. The molecule has 2 heterocycles. The third kappa shape index (κ3) is 4.05. The predicted octanol–water partition coefficient (Wildman–Crippen LogP) is 1.26. The topological polar surface area (TPSA) is 66.5 Å². The molecular formula is C16H21ClN2O3S. The average molecular weight is 357 g/mol. The third-order valence-electron chi connectivity index (χ3n) is 4.57. The van der Waals surface area contributed by atoms with Crippen molar-refractivity contribution in [2.24, 2.45) is 0 Å². The van der Waals surface area contributed by atoms with Crippen molar-refractivity contribution < 1.29 is 13.2 Å². The molecule has 5 nitrogen and oxygen atoms in total. The summed E-state index contributed by atoms with van der Waals surface area (Å²) in [4.78, 5) is 14.2. The highest BCUT2D eigenvalue weighted by atomic mass is 35.5. The second-order valence-electron chi connectivity index (χ2n) is 6.27. The van der Waals surface area contributed by atoms with Gasteiger partial charge in [-0.25, -0.2) is 8.42 Å². The molecule has 1 amide bonds. The number of benzene rings is 1. The van der Waals surface area contributed by atoms with E-state index in [2.05, 4.69) is 5.32 Å². The standard InChI is InChI=1S/C16H21ClN2O3S/c17-13-6-4-12(5-7-13)2-1-3-16(20)19-9-8-18-14-10-23(21,22)11-15(14)19/h4-7,14-15,18H,1-3,8-11H2/t14-,15+/m0/s1. The number of hydrogen-bond acceptors (Lipinski definition) is 4. The van der Waals surface area contributed by atoms with Crippen LogP contribution in [0.1, 0.15) is 18.4 Å². The van der Waals surface area contributed by atoms with Crippen LogP contribution in [0.5, 0.6) is 0 Å². The van der Waals surface area contributed by atoms with Crippen molar-refractivity contribution in [2.45, 2.75) is 31.3 Å². The summed E-state index contributed by atoms with van der Waals surface area (Å²) in [5, 5.41) is 3.93. The molecule has 2 atom stereocenters. The van der Waals surface area contributed by atoms with Crippen LogP contribution < -0.4 is 5.32 Å². The van der Waals surface area contributed by atoms with E-state index in [1.165, 1.54) is 0 Å². The van der Waals surface area contributed by atoms with E-state index in [4.69, 9.17) is 11.6 Å². The number of sulfone groups is 1.